The van der Waals surface area contributed by atoms with Crippen LogP contribution >= 0.6 is 0 Å². The third-order valence-electron chi connectivity index (χ3n) is 2.85. The van der Waals surface area contributed by atoms with Crippen molar-refractivity contribution in [1.29, 1.82) is 0 Å². The van der Waals surface area contributed by atoms with E-state index in [2.05, 4.69) is 4.98 Å². The molecule has 0 saturated carbocycles. The van der Waals surface area contributed by atoms with Crippen molar-refractivity contribution < 1.29 is 14.3 Å². The number of carbonyl (C=O) groups excluding carboxylic acids is 1. The summed E-state index contributed by atoms with van der Waals surface area (Å²) >= 11 is 0. The van der Waals surface area contributed by atoms with Crippen LogP contribution in [0, 0.1) is 5.95 Å². The lowest BCUT2D eigenvalue weighted by Gasteiger charge is -2.21. The second-order valence-corrected chi connectivity index (χ2v) is 4.31. The van der Waals surface area contributed by atoms with Gasteiger partial charge in [-0.1, -0.05) is 30.3 Å². The van der Waals surface area contributed by atoms with Gasteiger partial charge in [-0.25, -0.2) is 4.98 Å². The van der Waals surface area contributed by atoms with Gasteiger partial charge in [0.25, 0.3) is 5.91 Å². The van der Waals surface area contributed by atoms with Crippen molar-refractivity contribution in [1.82, 2.24) is 9.88 Å². The summed E-state index contributed by atoms with van der Waals surface area (Å²) in [5, 5.41) is 9.09. The number of aliphatic hydroxyl groups is 1. The number of halogens is 1. The smallest absolute Gasteiger partial charge is 0.255 e. The highest BCUT2D eigenvalue weighted by molar-refractivity contribution is 5.93. The summed E-state index contributed by atoms with van der Waals surface area (Å²) in [6.07, 6.45) is 1.20. The monoisotopic (exact) mass is 274 g/mol. The van der Waals surface area contributed by atoms with E-state index in [4.69, 9.17) is 5.11 Å². The van der Waals surface area contributed by atoms with Crippen molar-refractivity contribution in [2.45, 2.75) is 6.54 Å². The number of nitrogens with zero attached hydrogens (tertiary/aromatic N) is 2. The molecule has 2 aromatic rings. The van der Waals surface area contributed by atoms with E-state index in [9.17, 15) is 9.18 Å². The molecule has 0 saturated heterocycles. The van der Waals surface area contributed by atoms with Gasteiger partial charge in [0.2, 0.25) is 5.95 Å². The Labute approximate surface area is 116 Å². The average Bonchev–Trinajstić information content (AvgIpc) is 2.48. The summed E-state index contributed by atoms with van der Waals surface area (Å²) in [6, 6.07) is 12.0. The minimum Gasteiger partial charge on any atom is -0.395 e. The Morgan fingerprint density at radius 2 is 1.95 bits per heavy atom. The molecule has 0 bridgehead atoms. The van der Waals surface area contributed by atoms with E-state index >= 15 is 0 Å². The second-order valence-electron chi connectivity index (χ2n) is 4.31. The molecule has 2 rings (SSSR count). The van der Waals surface area contributed by atoms with Crippen molar-refractivity contribution in [3.05, 3.63) is 65.7 Å². The van der Waals surface area contributed by atoms with Gasteiger partial charge in [0, 0.05) is 19.3 Å². The van der Waals surface area contributed by atoms with Gasteiger partial charge < -0.3 is 10.0 Å². The SMILES string of the molecule is O=C(c1ccc(F)nc1)N(CCO)Cc1ccccc1. The number of hydrogen-bond acceptors (Lipinski definition) is 3. The van der Waals surface area contributed by atoms with Crippen LogP contribution in [0.2, 0.25) is 0 Å². The summed E-state index contributed by atoms with van der Waals surface area (Å²) in [7, 11) is 0. The lowest BCUT2D eigenvalue weighted by molar-refractivity contribution is 0.0707. The fourth-order valence-corrected chi connectivity index (χ4v) is 1.86. The Morgan fingerprint density at radius 1 is 1.20 bits per heavy atom. The number of hydrogen-bond donors (Lipinski definition) is 1. The minimum atomic E-state index is -0.627. The molecular weight excluding hydrogens is 259 g/mol. The minimum absolute atomic E-state index is 0.132. The number of benzene rings is 1. The van der Waals surface area contributed by atoms with Gasteiger partial charge in [-0.2, -0.15) is 4.39 Å². The van der Waals surface area contributed by atoms with Crippen LogP contribution in [0.15, 0.2) is 48.7 Å². The fourth-order valence-electron chi connectivity index (χ4n) is 1.86. The summed E-state index contributed by atoms with van der Waals surface area (Å²) in [6.45, 7) is 0.468. The highest BCUT2D eigenvalue weighted by Crippen LogP contribution is 2.09. The number of aromatic nitrogens is 1. The van der Waals surface area contributed by atoms with Gasteiger partial charge in [-0.15, -0.1) is 0 Å². The lowest BCUT2D eigenvalue weighted by Crippen LogP contribution is -2.33. The Kier molecular flexibility index (Phi) is 4.79. The Hall–Kier alpha value is -2.27. The van der Waals surface area contributed by atoms with Gasteiger partial charge >= 0.3 is 0 Å². The maximum absolute atomic E-state index is 12.8. The highest BCUT2D eigenvalue weighted by atomic mass is 19.1. The first-order chi connectivity index (χ1) is 9.70. The topological polar surface area (TPSA) is 53.4 Å². The Bertz CT molecular complexity index is 558. The Balaban J connectivity index is 2.15. The van der Waals surface area contributed by atoms with Crippen LogP contribution in [-0.4, -0.2) is 34.0 Å². The molecule has 0 aliphatic carbocycles. The molecule has 0 atom stereocenters. The van der Waals surface area contributed by atoms with Gasteiger partial charge in [0.05, 0.1) is 12.2 Å². The third-order valence-corrected chi connectivity index (χ3v) is 2.85. The maximum atomic E-state index is 12.8. The van der Waals surface area contributed by atoms with Crippen molar-refractivity contribution in [2.75, 3.05) is 13.2 Å². The number of pyridine rings is 1. The standard InChI is InChI=1S/C15H15FN2O2/c16-14-7-6-13(10-17-14)15(20)18(8-9-19)11-12-4-2-1-3-5-12/h1-7,10,19H,8-9,11H2. The van der Waals surface area contributed by atoms with E-state index in [0.717, 1.165) is 11.6 Å². The normalized spacial score (nSPS) is 10.3. The third kappa shape index (κ3) is 3.61. The molecule has 0 aliphatic heterocycles. The first-order valence-electron chi connectivity index (χ1n) is 6.26. The molecule has 1 aromatic heterocycles. The van der Waals surface area contributed by atoms with Crippen LogP contribution in [-0.2, 0) is 6.54 Å². The van der Waals surface area contributed by atoms with E-state index in [1.165, 1.54) is 17.2 Å². The summed E-state index contributed by atoms with van der Waals surface area (Å²) in [4.78, 5) is 17.3. The van der Waals surface area contributed by atoms with Crippen LogP contribution in [0.25, 0.3) is 0 Å². The average molecular weight is 274 g/mol. The first-order valence-corrected chi connectivity index (χ1v) is 6.26. The predicted molar refractivity (Wildman–Crippen MR) is 72.5 cm³/mol. The van der Waals surface area contributed by atoms with Gasteiger partial charge in [-0.3, -0.25) is 4.79 Å². The van der Waals surface area contributed by atoms with Crippen molar-refractivity contribution in [3.8, 4) is 0 Å². The quantitative estimate of drug-likeness (QED) is 0.847. The zero-order valence-corrected chi connectivity index (χ0v) is 10.9. The van der Waals surface area contributed by atoms with E-state index in [1.54, 1.807) is 0 Å². The molecule has 0 spiro atoms. The van der Waals surface area contributed by atoms with E-state index in [1.807, 2.05) is 30.3 Å². The fraction of sp³-hybridized carbons (Fsp3) is 0.200. The van der Waals surface area contributed by atoms with Crippen LogP contribution in [0.5, 0.6) is 0 Å². The molecular formula is C15H15FN2O2. The van der Waals surface area contributed by atoms with E-state index < -0.39 is 5.95 Å². The lowest BCUT2D eigenvalue weighted by atomic mass is 10.2. The van der Waals surface area contributed by atoms with Crippen LogP contribution in [0.1, 0.15) is 15.9 Å². The number of rotatable bonds is 5. The number of aliphatic hydroxyl groups excluding tert-OH is 1. The van der Waals surface area contributed by atoms with E-state index in [0.29, 0.717) is 12.1 Å². The molecule has 4 nitrogen and oxygen atoms in total. The molecule has 1 N–H and O–H groups in total. The van der Waals surface area contributed by atoms with Gasteiger partial charge in [0.15, 0.2) is 0 Å². The molecule has 20 heavy (non-hydrogen) atoms. The Morgan fingerprint density at radius 3 is 2.55 bits per heavy atom. The van der Waals surface area contributed by atoms with Crippen molar-refractivity contribution in [2.24, 2.45) is 0 Å². The zero-order valence-electron chi connectivity index (χ0n) is 10.9. The van der Waals surface area contributed by atoms with Crippen LogP contribution < -0.4 is 0 Å². The summed E-state index contributed by atoms with van der Waals surface area (Å²) in [5.74, 6) is -0.909. The molecule has 0 fully saturated rings. The van der Waals surface area contributed by atoms with Gasteiger partial charge in [0.1, 0.15) is 0 Å². The van der Waals surface area contributed by atoms with Crippen molar-refractivity contribution >= 4 is 5.91 Å². The maximum Gasteiger partial charge on any atom is 0.255 e. The number of amides is 1. The molecule has 0 radical (unpaired) electrons. The highest BCUT2D eigenvalue weighted by Gasteiger charge is 2.16. The summed E-state index contributed by atoms with van der Waals surface area (Å²) < 4.78 is 12.8. The van der Waals surface area contributed by atoms with Crippen molar-refractivity contribution in [3.63, 3.8) is 0 Å². The molecule has 104 valence electrons. The molecule has 1 heterocycles. The predicted octanol–water partition coefficient (Wildman–Crippen LogP) is 1.86. The molecule has 1 aromatic carbocycles. The number of carbonyl (C=O) groups is 1. The molecule has 5 heteroatoms. The largest absolute Gasteiger partial charge is 0.395 e. The molecule has 0 unspecified atom stereocenters. The van der Waals surface area contributed by atoms with Gasteiger partial charge in [-0.05, 0) is 17.7 Å². The molecule has 1 amide bonds. The second kappa shape index (κ2) is 6.77. The van der Waals surface area contributed by atoms with Crippen LogP contribution in [0.4, 0.5) is 4.39 Å². The zero-order chi connectivity index (χ0) is 14.4. The van der Waals surface area contributed by atoms with Crippen LogP contribution in [0.3, 0.4) is 0 Å². The first kappa shape index (κ1) is 14.1. The molecule has 0 aliphatic rings. The van der Waals surface area contributed by atoms with E-state index in [-0.39, 0.29) is 19.1 Å². The summed E-state index contributed by atoms with van der Waals surface area (Å²) in [5.41, 5.74) is 1.26.